The second kappa shape index (κ2) is 7.97. The van der Waals surface area contributed by atoms with Crippen LogP contribution in [-0.4, -0.2) is 25.5 Å². The lowest BCUT2D eigenvalue weighted by molar-refractivity contribution is 0.0953. The summed E-state index contributed by atoms with van der Waals surface area (Å²) in [4.78, 5) is 16.0. The summed E-state index contributed by atoms with van der Waals surface area (Å²) in [5.41, 5.74) is 4.62. The molecule has 1 aliphatic heterocycles. The van der Waals surface area contributed by atoms with Crippen molar-refractivity contribution in [2.45, 2.75) is 13.3 Å². The predicted octanol–water partition coefficient (Wildman–Crippen LogP) is 4.98. The predicted molar refractivity (Wildman–Crippen MR) is 114 cm³/mol. The summed E-state index contributed by atoms with van der Waals surface area (Å²) in [5.74, 6) is 0.538. The van der Waals surface area contributed by atoms with Crippen LogP contribution in [0.2, 0.25) is 0 Å². The van der Waals surface area contributed by atoms with Crippen LogP contribution in [0.25, 0.3) is 11.1 Å². The van der Waals surface area contributed by atoms with Gasteiger partial charge in [0.15, 0.2) is 0 Å². The van der Waals surface area contributed by atoms with Crippen LogP contribution < -0.4 is 10.2 Å². The molecule has 1 fully saturated rings. The van der Waals surface area contributed by atoms with Crippen LogP contribution in [-0.2, 0) is 0 Å². The number of carbonyl (C=O) groups excluding carboxylic acids is 1. The van der Waals surface area contributed by atoms with Crippen molar-refractivity contribution < 1.29 is 4.79 Å². The lowest BCUT2D eigenvalue weighted by atomic mass is 10.0. The van der Waals surface area contributed by atoms with E-state index in [9.17, 15) is 4.79 Å². The zero-order chi connectivity index (χ0) is 18.6. The Bertz CT molecular complexity index is 902. The van der Waals surface area contributed by atoms with Gasteiger partial charge in [0.2, 0.25) is 0 Å². The molecule has 0 bridgehead atoms. The zero-order valence-electron chi connectivity index (χ0n) is 15.5. The van der Waals surface area contributed by atoms with Gasteiger partial charge in [-0.1, -0.05) is 48.0 Å². The minimum atomic E-state index is 0.0405. The largest absolute Gasteiger partial charge is 0.371 e. The van der Waals surface area contributed by atoms with Gasteiger partial charge in [-0.15, -0.1) is 11.3 Å². The fourth-order valence-electron chi connectivity index (χ4n) is 3.64. The number of benzene rings is 2. The molecule has 0 spiro atoms. The summed E-state index contributed by atoms with van der Waals surface area (Å²) in [6, 6.07) is 20.9. The number of rotatable bonds is 5. The Labute approximate surface area is 164 Å². The highest BCUT2D eigenvalue weighted by Gasteiger charge is 2.24. The highest BCUT2D eigenvalue weighted by molar-refractivity contribution is 7.12. The van der Waals surface area contributed by atoms with Crippen molar-refractivity contribution >= 4 is 22.9 Å². The smallest absolute Gasteiger partial charge is 0.261 e. The van der Waals surface area contributed by atoms with Crippen LogP contribution in [0.1, 0.15) is 21.7 Å². The molecule has 1 atom stereocenters. The molecule has 1 aromatic heterocycles. The molecule has 27 heavy (non-hydrogen) atoms. The van der Waals surface area contributed by atoms with E-state index in [2.05, 4.69) is 65.7 Å². The van der Waals surface area contributed by atoms with Gasteiger partial charge in [-0.25, -0.2) is 0 Å². The first kappa shape index (κ1) is 17.8. The molecule has 1 amide bonds. The number of hydrogen-bond acceptors (Lipinski definition) is 3. The molecule has 4 rings (SSSR count). The van der Waals surface area contributed by atoms with Crippen LogP contribution in [0.3, 0.4) is 0 Å². The minimum Gasteiger partial charge on any atom is -0.371 e. The summed E-state index contributed by atoms with van der Waals surface area (Å²) >= 11 is 1.51. The second-order valence-electron chi connectivity index (χ2n) is 7.18. The van der Waals surface area contributed by atoms with E-state index < -0.39 is 0 Å². The number of anilines is 1. The third-order valence-corrected chi connectivity index (χ3v) is 6.11. The van der Waals surface area contributed by atoms with Gasteiger partial charge in [-0.05, 0) is 48.4 Å². The Hall–Kier alpha value is -2.59. The Morgan fingerprint density at radius 1 is 1.11 bits per heavy atom. The number of aryl methyl sites for hydroxylation is 1. The van der Waals surface area contributed by atoms with Gasteiger partial charge < -0.3 is 10.2 Å². The van der Waals surface area contributed by atoms with Gasteiger partial charge in [0.05, 0.1) is 4.88 Å². The Morgan fingerprint density at radius 3 is 2.67 bits per heavy atom. The summed E-state index contributed by atoms with van der Waals surface area (Å²) in [6.07, 6.45) is 1.12. The summed E-state index contributed by atoms with van der Waals surface area (Å²) in [5, 5.41) is 5.16. The molecule has 1 unspecified atom stereocenters. The van der Waals surface area contributed by atoms with E-state index >= 15 is 0 Å². The first-order valence-electron chi connectivity index (χ1n) is 9.43. The molecule has 3 aromatic rings. The van der Waals surface area contributed by atoms with Crippen molar-refractivity contribution in [1.82, 2.24) is 5.32 Å². The van der Waals surface area contributed by atoms with Gasteiger partial charge in [0.25, 0.3) is 5.91 Å². The first-order valence-corrected chi connectivity index (χ1v) is 10.3. The van der Waals surface area contributed by atoms with Crippen molar-refractivity contribution in [2.24, 2.45) is 5.92 Å². The summed E-state index contributed by atoms with van der Waals surface area (Å²) in [6.45, 7) is 4.86. The number of nitrogens with one attached hydrogen (secondary N) is 1. The fraction of sp³-hybridized carbons (Fsp3) is 0.261. The monoisotopic (exact) mass is 376 g/mol. The van der Waals surface area contributed by atoms with E-state index in [4.69, 9.17) is 0 Å². The number of nitrogens with zero attached hydrogens (tertiary/aromatic N) is 1. The molecule has 2 aromatic carbocycles. The Balaban J connectivity index is 1.37. The van der Waals surface area contributed by atoms with Gasteiger partial charge in [-0.2, -0.15) is 0 Å². The molecule has 0 aliphatic carbocycles. The fourth-order valence-corrected chi connectivity index (χ4v) is 4.47. The molecule has 4 heteroatoms. The summed E-state index contributed by atoms with van der Waals surface area (Å²) < 4.78 is 0. The second-order valence-corrected chi connectivity index (χ2v) is 8.09. The molecule has 1 aliphatic rings. The first-order chi connectivity index (χ1) is 13.2. The molecule has 3 nitrogen and oxygen atoms in total. The number of thiophene rings is 1. The highest BCUT2D eigenvalue weighted by Crippen LogP contribution is 2.29. The molecular weight excluding hydrogens is 352 g/mol. The number of amides is 1. The van der Waals surface area contributed by atoms with Gasteiger partial charge >= 0.3 is 0 Å². The van der Waals surface area contributed by atoms with E-state index in [1.165, 1.54) is 22.6 Å². The highest BCUT2D eigenvalue weighted by atomic mass is 32.1. The van der Waals surface area contributed by atoms with Crippen LogP contribution in [0.5, 0.6) is 0 Å². The molecule has 0 saturated carbocycles. The van der Waals surface area contributed by atoms with Crippen LogP contribution in [0.15, 0.2) is 66.0 Å². The number of hydrogen-bond donors (Lipinski definition) is 1. The molecule has 1 saturated heterocycles. The third kappa shape index (κ3) is 4.06. The van der Waals surface area contributed by atoms with Crippen LogP contribution >= 0.6 is 11.3 Å². The SMILES string of the molecule is Cc1ccc(-c2ccsc2C(=O)NCC2CCN(c3ccccc3)C2)cc1. The maximum Gasteiger partial charge on any atom is 0.261 e. The standard InChI is InChI=1S/C23H24N2OS/c1-17-7-9-19(10-8-17)21-12-14-27-22(21)23(26)24-15-18-11-13-25(16-18)20-5-3-2-4-6-20/h2-10,12,14,18H,11,13,15-16H2,1H3,(H,24,26). The molecule has 0 radical (unpaired) electrons. The molecule has 138 valence electrons. The van der Waals surface area contributed by atoms with Crippen molar-refractivity contribution in [3.8, 4) is 11.1 Å². The Morgan fingerprint density at radius 2 is 1.89 bits per heavy atom. The lowest BCUT2D eigenvalue weighted by Crippen LogP contribution is -2.30. The van der Waals surface area contributed by atoms with Crippen LogP contribution in [0.4, 0.5) is 5.69 Å². The van der Waals surface area contributed by atoms with Gasteiger partial charge in [0, 0.05) is 30.9 Å². The van der Waals surface area contributed by atoms with Crippen molar-refractivity contribution in [1.29, 1.82) is 0 Å². The third-order valence-electron chi connectivity index (χ3n) is 5.19. The average molecular weight is 377 g/mol. The minimum absolute atomic E-state index is 0.0405. The van der Waals surface area contributed by atoms with E-state index in [0.717, 1.165) is 42.1 Å². The lowest BCUT2D eigenvalue weighted by Gasteiger charge is -2.18. The van der Waals surface area contributed by atoms with E-state index in [-0.39, 0.29) is 5.91 Å². The van der Waals surface area contributed by atoms with E-state index in [0.29, 0.717) is 5.92 Å². The quantitative estimate of drug-likeness (QED) is 0.681. The van der Waals surface area contributed by atoms with Crippen LogP contribution in [0, 0.1) is 12.8 Å². The van der Waals surface area contributed by atoms with E-state index in [1.54, 1.807) is 0 Å². The number of carbonyl (C=O) groups is 1. The molecular formula is C23H24N2OS. The maximum absolute atomic E-state index is 12.8. The van der Waals surface area contributed by atoms with Crippen molar-refractivity contribution in [2.75, 3.05) is 24.5 Å². The van der Waals surface area contributed by atoms with Gasteiger partial charge in [-0.3, -0.25) is 4.79 Å². The maximum atomic E-state index is 12.8. The van der Waals surface area contributed by atoms with Crippen molar-refractivity contribution in [3.63, 3.8) is 0 Å². The van der Waals surface area contributed by atoms with Gasteiger partial charge in [0.1, 0.15) is 0 Å². The van der Waals surface area contributed by atoms with Crippen molar-refractivity contribution in [3.05, 3.63) is 76.5 Å². The molecule has 1 N–H and O–H groups in total. The molecule has 2 heterocycles. The normalized spacial score (nSPS) is 16.5. The average Bonchev–Trinajstić information content (AvgIpc) is 3.37. The number of para-hydroxylation sites is 1. The zero-order valence-corrected chi connectivity index (χ0v) is 16.3. The Kier molecular flexibility index (Phi) is 5.26. The van der Waals surface area contributed by atoms with E-state index in [1.807, 2.05) is 17.5 Å². The topological polar surface area (TPSA) is 32.3 Å². The summed E-state index contributed by atoms with van der Waals surface area (Å²) in [7, 11) is 0.